The maximum atomic E-state index is 13.1. The van der Waals surface area contributed by atoms with E-state index in [0.717, 1.165) is 19.6 Å². The van der Waals surface area contributed by atoms with Crippen molar-refractivity contribution in [3.8, 4) is 0 Å². The molecule has 1 N–H and O–H groups in total. The highest BCUT2D eigenvalue weighted by Crippen LogP contribution is 2.41. The molecular weight excluding hydrogens is 279 g/mol. The zero-order chi connectivity index (χ0) is 14.5. The van der Waals surface area contributed by atoms with Crippen LogP contribution in [0.5, 0.6) is 0 Å². The maximum Gasteiger partial charge on any atom is 0.255 e. The Labute approximate surface area is 123 Å². The number of fused-ring (bicyclic) bond motifs is 1. The number of halogens is 2. The molecule has 2 aliphatic heterocycles. The van der Waals surface area contributed by atoms with Gasteiger partial charge in [0.25, 0.3) is 5.91 Å². The summed E-state index contributed by atoms with van der Waals surface area (Å²) in [6.07, 6.45) is 0. The van der Waals surface area contributed by atoms with Gasteiger partial charge < -0.3 is 10.2 Å². The summed E-state index contributed by atoms with van der Waals surface area (Å²) in [5, 5.41) is 3.57. The van der Waals surface area contributed by atoms with E-state index in [1.165, 1.54) is 18.2 Å². The first-order chi connectivity index (χ1) is 9.41. The lowest BCUT2D eigenvalue weighted by molar-refractivity contribution is 0.0603. The van der Waals surface area contributed by atoms with Crippen LogP contribution in [0.15, 0.2) is 18.2 Å². The number of hydrogen-bond donors (Lipinski definition) is 1. The molecule has 1 amide bonds. The Morgan fingerprint density at radius 1 is 1.45 bits per heavy atom. The highest BCUT2D eigenvalue weighted by Gasteiger charge is 2.51. The van der Waals surface area contributed by atoms with E-state index in [0.29, 0.717) is 17.4 Å². The lowest BCUT2D eigenvalue weighted by Crippen LogP contribution is -2.47. The summed E-state index contributed by atoms with van der Waals surface area (Å²) in [5.74, 6) is 0.432. The predicted octanol–water partition coefficient (Wildman–Crippen LogP) is 2.55. The van der Waals surface area contributed by atoms with Gasteiger partial charge in [-0.2, -0.15) is 0 Å². The van der Waals surface area contributed by atoms with Crippen LogP contribution in [0, 0.1) is 17.7 Å². The summed E-state index contributed by atoms with van der Waals surface area (Å²) in [4.78, 5) is 14.6. The Morgan fingerprint density at radius 2 is 2.20 bits per heavy atom. The summed E-state index contributed by atoms with van der Waals surface area (Å²) in [6.45, 7) is 6.82. The van der Waals surface area contributed by atoms with Crippen molar-refractivity contribution in [2.24, 2.45) is 11.8 Å². The molecule has 2 unspecified atom stereocenters. The van der Waals surface area contributed by atoms with Gasteiger partial charge in [0.1, 0.15) is 5.82 Å². The smallest absolute Gasteiger partial charge is 0.255 e. The van der Waals surface area contributed by atoms with E-state index in [1.54, 1.807) is 0 Å². The molecule has 0 aliphatic carbocycles. The molecule has 108 valence electrons. The van der Waals surface area contributed by atoms with Gasteiger partial charge in [0.05, 0.1) is 10.6 Å². The third kappa shape index (κ3) is 2.02. The van der Waals surface area contributed by atoms with Crippen LogP contribution in [0.3, 0.4) is 0 Å². The van der Waals surface area contributed by atoms with Gasteiger partial charge in [0, 0.05) is 25.2 Å². The summed E-state index contributed by atoms with van der Waals surface area (Å²) in [6, 6.07) is 3.95. The second-order valence-corrected chi connectivity index (χ2v) is 6.63. The Kier molecular flexibility index (Phi) is 3.26. The topological polar surface area (TPSA) is 32.3 Å². The molecule has 20 heavy (non-hydrogen) atoms. The second kappa shape index (κ2) is 4.71. The summed E-state index contributed by atoms with van der Waals surface area (Å²) in [7, 11) is 0. The largest absolute Gasteiger partial charge is 0.333 e. The molecule has 0 saturated carbocycles. The predicted molar refractivity (Wildman–Crippen MR) is 76.4 cm³/mol. The van der Waals surface area contributed by atoms with Crippen LogP contribution in [0.1, 0.15) is 24.2 Å². The molecule has 1 aromatic carbocycles. The number of amides is 1. The van der Waals surface area contributed by atoms with Crippen LogP contribution in [0.4, 0.5) is 4.39 Å². The molecule has 3 rings (SSSR count). The number of nitrogens with one attached hydrogen (secondary N) is 1. The fourth-order valence-electron chi connectivity index (χ4n) is 3.57. The number of likely N-dealkylation sites (tertiary alicyclic amines) is 1. The molecule has 0 radical (unpaired) electrons. The minimum Gasteiger partial charge on any atom is -0.333 e. The Bertz CT molecular complexity index is 561. The number of carbonyl (C=O) groups is 1. The third-order valence-electron chi connectivity index (χ3n) is 4.77. The lowest BCUT2D eigenvalue weighted by Gasteiger charge is -2.35. The van der Waals surface area contributed by atoms with Crippen molar-refractivity contribution in [3.63, 3.8) is 0 Å². The Hall–Kier alpha value is -1.13. The van der Waals surface area contributed by atoms with Crippen molar-refractivity contribution >= 4 is 17.5 Å². The summed E-state index contributed by atoms with van der Waals surface area (Å²) < 4.78 is 13.1. The molecule has 3 nitrogen and oxygen atoms in total. The number of carbonyl (C=O) groups excluding carboxylic acids is 1. The number of rotatable bonds is 1. The molecule has 2 atom stereocenters. The van der Waals surface area contributed by atoms with Gasteiger partial charge >= 0.3 is 0 Å². The van der Waals surface area contributed by atoms with Crippen LogP contribution in [0.2, 0.25) is 5.02 Å². The van der Waals surface area contributed by atoms with Gasteiger partial charge in [0.2, 0.25) is 0 Å². The van der Waals surface area contributed by atoms with E-state index < -0.39 is 5.82 Å². The number of nitrogens with zero attached hydrogens (tertiary/aromatic N) is 1. The third-order valence-corrected chi connectivity index (χ3v) is 5.08. The van der Waals surface area contributed by atoms with Gasteiger partial charge in [-0.05, 0) is 43.9 Å². The van der Waals surface area contributed by atoms with Crippen molar-refractivity contribution in [1.82, 2.24) is 10.2 Å². The van der Waals surface area contributed by atoms with E-state index in [2.05, 4.69) is 19.2 Å². The van der Waals surface area contributed by atoms with Gasteiger partial charge in [-0.25, -0.2) is 4.39 Å². The van der Waals surface area contributed by atoms with Crippen LogP contribution in [-0.2, 0) is 0 Å². The Morgan fingerprint density at radius 3 is 2.85 bits per heavy atom. The maximum absolute atomic E-state index is 13.1. The van der Waals surface area contributed by atoms with Crippen molar-refractivity contribution in [1.29, 1.82) is 0 Å². The zero-order valence-electron chi connectivity index (χ0n) is 11.6. The fraction of sp³-hybridized carbons (Fsp3) is 0.533. The van der Waals surface area contributed by atoms with Crippen LogP contribution in [0.25, 0.3) is 0 Å². The summed E-state index contributed by atoms with van der Waals surface area (Å²) >= 11 is 6.02. The Balaban J connectivity index is 1.91. The van der Waals surface area contributed by atoms with Crippen LogP contribution in [-0.4, -0.2) is 36.0 Å². The average Bonchev–Trinajstić information content (AvgIpc) is 2.91. The van der Waals surface area contributed by atoms with Crippen molar-refractivity contribution in [2.75, 3.05) is 19.6 Å². The quantitative estimate of drug-likeness (QED) is 0.864. The highest BCUT2D eigenvalue weighted by molar-refractivity contribution is 6.33. The molecule has 0 aromatic heterocycles. The van der Waals surface area contributed by atoms with E-state index in [4.69, 9.17) is 11.6 Å². The first-order valence-corrected chi connectivity index (χ1v) is 7.27. The van der Waals surface area contributed by atoms with Gasteiger partial charge in [-0.15, -0.1) is 0 Å². The first kappa shape index (κ1) is 13.8. The van der Waals surface area contributed by atoms with Crippen molar-refractivity contribution < 1.29 is 9.18 Å². The fourth-order valence-corrected chi connectivity index (χ4v) is 3.82. The molecule has 2 aliphatic rings. The van der Waals surface area contributed by atoms with Gasteiger partial charge in [-0.3, -0.25) is 4.79 Å². The number of hydrogen-bond acceptors (Lipinski definition) is 2. The van der Waals surface area contributed by atoms with E-state index in [1.807, 2.05) is 4.90 Å². The molecule has 2 saturated heterocycles. The minimum atomic E-state index is -0.423. The molecular formula is C15H18ClFN2O. The molecule has 0 bridgehead atoms. The molecule has 2 heterocycles. The average molecular weight is 297 g/mol. The first-order valence-electron chi connectivity index (χ1n) is 6.89. The SMILES string of the molecule is CC1(C)C2CNCC2CN1C(=O)c1ccc(F)cc1Cl. The van der Waals surface area contributed by atoms with Crippen molar-refractivity contribution in [2.45, 2.75) is 19.4 Å². The van der Waals surface area contributed by atoms with Crippen LogP contribution >= 0.6 is 11.6 Å². The lowest BCUT2D eigenvalue weighted by atomic mass is 9.84. The van der Waals surface area contributed by atoms with E-state index in [-0.39, 0.29) is 16.5 Å². The number of benzene rings is 1. The van der Waals surface area contributed by atoms with Gasteiger partial charge in [0.15, 0.2) is 0 Å². The van der Waals surface area contributed by atoms with Crippen molar-refractivity contribution in [3.05, 3.63) is 34.6 Å². The standard InChI is InChI=1S/C15H18ClFN2O/c1-15(2)12-7-18-6-9(12)8-19(15)14(20)11-4-3-10(17)5-13(11)16/h3-5,9,12,18H,6-8H2,1-2H3. The van der Waals surface area contributed by atoms with Gasteiger partial charge in [-0.1, -0.05) is 11.6 Å². The molecule has 0 spiro atoms. The normalized spacial score (nSPS) is 27.7. The second-order valence-electron chi connectivity index (χ2n) is 6.22. The van der Waals surface area contributed by atoms with E-state index in [9.17, 15) is 9.18 Å². The monoisotopic (exact) mass is 296 g/mol. The minimum absolute atomic E-state index is 0.102. The van der Waals surface area contributed by atoms with E-state index >= 15 is 0 Å². The molecule has 5 heteroatoms. The highest BCUT2D eigenvalue weighted by atomic mass is 35.5. The summed E-state index contributed by atoms with van der Waals surface area (Å²) in [5.41, 5.74) is 0.178. The molecule has 2 fully saturated rings. The molecule has 1 aromatic rings. The van der Waals surface area contributed by atoms with Crippen LogP contribution < -0.4 is 5.32 Å². The zero-order valence-corrected chi connectivity index (χ0v) is 12.4.